The van der Waals surface area contributed by atoms with Gasteiger partial charge in [0.15, 0.2) is 6.10 Å². The fourth-order valence-corrected chi connectivity index (χ4v) is 1.14. The van der Waals surface area contributed by atoms with Crippen molar-refractivity contribution in [3.05, 3.63) is 12.3 Å². The molecule has 0 aliphatic heterocycles. The van der Waals surface area contributed by atoms with Crippen molar-refractivity contribution >= 4 is 17.8 Å². The smallest absolute Gasteiger partial charge is 0.347 e. The van der Waals surface area contributed by atoms with E-state index >= 15 is 0 Å². The van der Waals surface area contributed by atoms with Crippen LogP contribution in [0, 0.1) is 0 Å². The standard InChI is InChI=1S/C10H15N3O4/c1-3-16-10(15)7(2)17-9(14)6-13-5-4-8(11)12-13/h4-5,7H,3,6H2,1-2H3,(H2,11,12). The van der Waals surface area contributed by atoms with Gasteiger partial charge in [0.1, 0.15) is 12.4 Å². The molecule has 0 saturated carbocycles. The summed E-state index contributed by atoms with van der Waals surface area (Å²) < 4.78 is 10.9. The molecule has 0 aliphatic rings. The number of nitrogens with zero attached hydrogens (tertiary/aromatic N) is 2. The average Bonchev–Trinajstić information content (AvgIpc) is 2.64. The van der Waals surface area contributed by atoms with Crippen LogP contribution >= 0.6 is 0 Å². The number of rotatable bonds is 5. The summed E-state index contributed by atoms with van der Waals surface area (Å²) in [6.07, 6.45) is 0.626. The van der Waals surface area contributed by atoms with Crippen molar-refractivity contribution in [1.82, 2.24) is 9.78 Å². The summed E-state index contributed by atoms with van der Waals surface area (Å²) in [5, 5.41) is 3.82. The minimum absolute atomic E-state index is 0.0963. The van der Waals surface area contributed by atoms with Gasteiger partial charge < -0.3 is 15.2 Å². The van der Waals surface area contributed by atoms with E-state index in [2.05, 4.69) is 5.10 Å². The molecule has 94 valence electrons. The maximum absolute atomic E-state index is 11.4. The third-order valence-corrected chi connectivity index (χ3v) is 1.88. The zero-order valence-electron chi connectivity index (χ0n) is 9.75. The van der Waals surface area contributed by atoms with Gasteiger partial charge in [0, 0.05) is 6.20 Å². The van der Waals surface area contributed by atoms with Crippen molar-refractivity contribution in [3.8, 4) is 0 Å². The minimum Gasteiger partial charge on any atom is -0.463 e. The number of carbonyl (C=O) groups excluding carboxylic acids is 2. The van der Waals surface area contributed by atoms with Crippen LogP contribution in [-0.4, -0.2) is 34.4 Å². The largest absolute Gasteiger partial charge is 0.463 e. The number of carbonyl (C=O) groups is 2. The second kappa shape index (κ2) is 5.88. The first-order valence-corrected chi connectivity index (χ1v) is 5.18. The molecular weight excluding hydrogens is 226 g/mol. The highest BCUT2D eigenvalue weighted by Gasteiger charge is 2.18. The van der Waals surface area contributed by atoms with Gasteiger partial charge in [-0.15, -0.1) is 0 Å². The highest BCUT2D eigenvalue weighted by Crippen LogP contribution is 1.99. The van der Waals surface area contributed by atoms with E-state index in [0.29, 0.717) is 5.82 Å². The first-order chi connectivity index (χ1) is 8.02. The zero-order chi connectivity index (χ0) is 12.8. The van der Waals surface area contributed by atoms with Gasteiger partial charge in [-0.05, 0) is 19.9 Å². The first-order valence-electron chi connectivity index (χ1n) is 5.18. The molecule has 1 heterocycles. The molecule has 1 rings (SSSR count). The minimum atomic E-state index is -0.921. The maximum Gasteiger partial charge on any atom is 0.347 e. The summed E-state index contributed by atoms with van der Waals surface area (Å²) in [7, 11) is 0. The van der Waals surface area contributed by atoms with E-state index in [-0.39, 0.29) is 13.2 Å². The molecule has 0 fully saturated rings. The molecule has 0 saturated heterocycles. The van der Waals surface area contributed by atoms with Crippen LogP contribution in [0.2, 0.25) is 0 Å². The highest BCUT2D eigenvalue weighted by atomic mass is 16.6. The summed E-state index contributed by atoms with van der Waals surface area (Å²) in [6, 6.07) is 1.56. The van der Waals surface area contributed by atoms with Crippen LogP contribution in [0.25, 0.3) is 0 Å². The van der Waals surface area contributed by atoms with E-state index in [4.69, 9.17) is 15.2 Å². The van der Waals surface area contributed by atoms with Crippen LogP contribution in [-0.2, 0) is 25.6 Å². The number of hydrogen-bond donors (Lipinski definition) is 1. The fraction of sp³-hybridized carbons (Fsp3) is 0.500. The maximum atomic E-state index is 11.4. The van der Waals surface area contributed by atoms with E-state index in [1.807, 2.05) is 0 Å². The lowest BCUT2D eigenvalue weighted by Gasteiger charge is -2.11. The number of anilines is 1. The summed E-state index contributed by atoms with van der Waals surface area (Å²) in [5.74, 6) is -0.828. The van der Waals surface area contributed by atoms with Crippen molar-refractivity contribution in [2.45, 2.75) is 26.5 Å². The van der Waals surface area contributed by atoms with Crippen molar-refractivity contribution in [2.75, 3.05) is 12.3 Å². The quantitative estimate of drug-likeness (QED) is 0.726. The van der Waals surface area contributed by atoms with Crippen LogP contribution in [0.1, 0.15) is 13.8 Å². The number of nitrogen functional groups attached to an aromatic ring is 1. The summed E-state index contributed by atoms with van der Waals surface area (Å²) >= 11 is 0. The van der Waals surface area contributed by atoms with Gasteiger partial charge in [-0.2, -0.15) is 5.10 Å². The van der Waals surface area contributed by atoms with Gasteiger partial charge >= 0.3 is 11.9 Å². The monoisotopic (exact) mass is 241 g/mol. The molecule has 1 aromatic heterocycles. The van der Waals surface area contributed by atoms with Gasteiger partial charge in [-0.1, -0.05) is 0 Å². The van der Waals surface area contributed by atoms with Crippen LogP contribution < -0.4 is 5.73 Å². The third kappa shape index (κ3) is 4.13. The van der Waals surface area contributed by atoms with Gasteiger partial charge in [0.25, 0.3) is 0 Å². The van der Waals surface area contributed by atoms with E-state index in [9.17, 15) is 9.59 Å². The molecule has 1 unspecified atom stereocenters. The summed E-state index contributed by atoms with van der Waals surface area (Å²) in [5.41, 5.74) is 5.39. The molecule has 0 bridgehead atoms. The Labute approximate surface area is 98.5 Å². The Bertz CT molecular complexity index is 402. The molecule has 0 aliphatic carbocycles. The molecule has 0 spiro atoms. The Morgan fingerprint density at radius 1 is 1.59 bits per heavy atom. The number of nitrogens with two attached hydrogens (primary N) is 1. The molecule has 1 aromatic rings. The lowest BCUT2D eigenvalue weighted by molar-refractivity contribution is -0.166. The Hall–Kier alpha value is -2.05. The first kappa shape index (κ1) is 13.0. The van der Waals surface area contributed by atoms with Gasteiger partial charge in [-0.3, -0.25) is 9.48 Å². The molecule has 2 N–H and O–H groups in total. The van der Waals surface area contributed by atoms with Gasteiger partial charge in [-0.25, -0.2) is 4.79 Å². The van der Waals surface area contributed by atoms with Crippen LogP contribution in [0.3, 0.4) is 0 Å². The lowest BCUT2D eigenvalue weighted by atomic mass is 10.4. The Kier molecular flexibility index (Phi) is 4.50. The average molecular weight is 241 g/mol. The topological polar surface area (TPSA) is 96.4 Å². The normalized spacial score (nSPS) is 11.9. The lowest BCUT2D eigenvalue weighted by Crippen LogP contribution is -2.28. The second-order valence-corrected chi connectivity index (χ2v) is 3.32. The predicted molar refractivity (Wildman–Crippen MR) is 58.8 cm³/mol. The molecule has 0 amide bonds. The van der Waals surface area contributed by atoms with Gasteiger partial charge in [0.05, 0.1) is 6.61 Å². The predicted octanol–water partition coefficient (Wildman–Crippen LogP) is -0.0399. The highest BCUT2D eigenvalue weighted by molar-refractivity contribution is 5.78. The fourth-order valence-electron chi connectivity index (χ4n) is 1.14. The van der Waals surface area contributed by atoms with Gasteiger partial charge in [0.2, 0.25) is 0 Å². The molecule has 7 nitrogen and oxygen atoms in total. The Balaban J connectivity index is 2.41. The van der Waals surface area contributed by atoms with Crippen LogP contribution in [0.15, 0.2) is 12.3 Å². The van der Waals surface area contributed by atoms with Crippen LogP contribution in [0.5, 0.6) is 0 Å². The zero-order valence-corrected chi connectivity index (χ0v) is 9.75. The summed E-state index contributed by atoms with van der Waals surface area (Å²) in [4.78, 5) is 22.6. The molecule has 7 heteroatoms. The molecule has 0 radical (unpaired) electrons. The van der Waals surface area contributed by atoms with Crippen molar-refractivity contribution in [1.29, 1.82) is 0 Å². The van der Waals surface area contributed by atoms with Crippen molar-refractivity contribution in [2.24, 2.45) is 0 Å². The Morgan fingerprint density at radius 3 is 2.82 bits per heavy atom. The second-order valence-electron chi connectivity index (χ2n) is 3.32. The van der Waals surface area contributed by atoms with E-state index in [1.165, 1.54) is 11.6 Å². The number of ether oxygens (including phenoxy) is 2. The number of esters is 2. The van der Waals surface area contributed by atoms with Crippen molar-refractivity contribution < 1.29 is 19.1 Å². The van der Waals surface area contributed by atoms with Crippen molar-refractivity contribution in [3.63, 3.8) is 0 Å². The third-order valence-electron chi connectivity index (χ3n) is 1.88. The van der Waals surface area contributed by atoms with E-state index < -0.39 is 18.0 Å². The SMILES string of the molecule is CCOC(=O)C(C)OC(=O)Cn1ccc(N)n1. The number of hydrogen-bond acceptors (Lipinski definition) is 6. The molecule has 0 aromatic carbocycles. The molecule has 17 heavy (non-hydrogen) atoms. The molecular formula is C10H15N3O4. The number of aromatic nitrogens is 2. The Morgan fingerprint density at radius 2 is 2.29 bits per heavy atom. The molecule has 1 atom stereocenters. The van der Waals surface area contributed by atoms with E-state index in [0.717, 1.165) is 0 Å². The summed E-state index contributed by atoms with van der Waals surface area (Å²) in [6.45, 7) is 3.28. The van der Waals surface area contributed by atoms with Crippen LogP contribution in [0.4, 0.5) is 5.82 Å². The van der Waals surface area contributed by atoms with E-state index in [1.54, 1.807) is 19.2 Å².